The van der Waals surface area contributed by atoms with E-state index >= 15 is 0 Å². The molecule has 40 valence electrons. The zero-order chi connectivity index (χ0) is 5.28. The molecule has 2 nitrogen and oxygen atoms in total. The third kappa shape index (κ3) is 0.881. The highest BCUT2D eigenvalue weighted by molar-refractivity contribution is 7.80. The zero-order valence-electron chi connectivity index (χ0n) is 3.85. The van der Waals surface area contributed by atoms with Gasteiger partial charge in [0.1, 0.15) is 0 Å². The Bertz CT molecular complexity index is 85.7. The van der Waals surface area contributed by atoms with Crippen molar-refractivity contribution >= 4 is 18.5 Å². The maximum absolute atomic E-state index is 10.1. The average Bonchev–Trinajstić information content (AvgIpc) is 1.58. The molecule has 1 aliphatic rings. The number of nitrogens with one attached hydrogen (secondary N) is 1. The molecule has 1 aliphatic heterocycles. The number of carbonyl (C=O) groups is 1. The van der Waals surface area contributed by atoms with Crippen molar-refractivity contribution in [1.82, 2.24) is 5.32 Å². The Balaban J connectivity index is 2.17. The van der Waals surface area contributed by atoms with Gasteiger partial charge >= 0.3 is 0 Å². The fraction of sp³-hybridized carbons (Fsp3) is 0.750. The van der Waals surface area contributed by atoms with Gasteiger partial charge in [0.05, 0.1) is 0 Å². The molecule has 0 saturated carbocycles. The van der Waals surface area contributed by atoms with Gasteiger partial charge in [-0.25, -0.2) is 0 Å². The van der Waals surface area contributed by atoms with Crippen molar-refractivity contribution < 1.29 is 4.79 Å². The van der Waals surface area contributed by atoms with Crippen molar-refractivity contribution in [2.45, 2.75) is 12.5 Å². The molecule has 0 aromatic carbocycles. The van der Waals surface area contributed by atoms with E-state index in [0.717, 1.165) is 5.75 Å². The fourth-order valence-corrected chi connectivity index (χ4v) is 0.761. The summed E-state index contributed by atoms with van der Waals surface area (Å²) in [6, 6.07) is 0.357. The van der Waals surface area contributed by atoms with Gasteiger partial charge in [0.15, 0.2) is 0 Å². The summed E-state index contributed by atoms with van der Waals surface area (Å²) in [5, 5.41) is 2.68. The summed E-state index contributed by atoms with van der Waals surface area (Å²) >= 11 is 3.97. The normalized spacial score (nSPS) is 28.7. The smallest absolute Gasteiger partial charge is 0.222 e. The quantitative estimate of drug-likeness (QED) is 0.361. The molecule has 0 aromatic heterocycles. The molecule has 0 aliphatic carbocycles. The Kier molecular flexibility index (Phi) is 1.23. The monoisotopic (exact) mass is 117 g/mol. The lowest BCUT2D eigenvalue weighted by molar-refractivity contribution is -0.127. The van der Waals surface area contributed by atoms with Crippen molar-refractivity contribution in [2.75, 3.05) is 5.75 Å². The van der Waals surface area contributed by atoms with E-state index in [4.69, 9.17) is 0 Å². The third-order valence-electron chi connectivity index (χ3n) is 1.02. The number of thiol groups is 1. The zero-order valence-corrected chi connectivity index (χ0v) is 4.74. The van der Waals surface area contributed by atoms with E-state index in [1.165, 1.54) is 0 Å². The second-order valence-corrected chi connectivity index (χ2v) is 2.02. The maximum Gasteiger partial charge on any atom is 0.222 e. The molecule has 1 heterocycles. The number of amides is 1. The number of carbonyl (C=O) groups excluding carboxylic acids is 1. The summed E-state index contributed by atoms with van der Waals surface area (Å²) < 4.78 is 0. The van der Waals surface area contributed by atoms with E-state index in [1.807, 2.05) is 0 Å². The molecule has 0 aromatic rings. The van der Waals surface area contributed by atoms with Gasteiger partial charge < -0.3 is 5.32 Å². The van der Waals surface area contributed by atoms with Crippen LogP contribution in [0.2, 0.25) is 0 Å². The standard InChI is InChI=1S/C4H7NOS/c6-4-1-3(2-7)5-4/h3,7H,1-2H2,(H,5,6). The Morgan fingerprint density at radius 3 is 2.71 bits per heavy atom. The van der Waals surface area contributed by atoms with Crippen LogP contribution in [-0.2, 0) is 4.79 Å². The second kappa shape index (κ2) is 1.74. The van der Waals surface area contributed by atoms with Crippen LogP contribution in [0, 0.1) is 0 Å². The minimum absolute atomic E-state index is 0.152. The van der Waals surface area contributed by atoms with E-state index in [-0.39, 0.29) is 5.91 Å². The molecule has 1 unspecified atom stereocenters. The minimum Gasteiger partial charge on any atom is -0.352 e. The van der Waals surface area contributed by atoms with Gasteiger partial charge in [0, 0.05) is 18.2 Å². The van der Waals surface area contributed by atoms with E-state index < -0.39 is 0 Å². The van der Waals surface area contributed by atoms with E-state index in [2.05, 4.69) is 17.9 Å². The summed E-state index contributed by atoms with van der Waals surface area (Å²) in [6.07, 6.45) is 0.670. The topological polar surface area (TPSA) is 29.1 Å². The van der Waals surface area contributed by atoms with Crippen molar-refractivity contribution in [3.05, 3.63) is 0 Å². The molecule has 1 N–H and O–H groups in total. The largest absolute Gasteiger partial charge is 0.352 e. The molecule has 1 saturated heterocycles. The first kappa shape index (κ1) is 4.97. The van der Waals surface area contributed by atoms with Gasteiger partial charge in [0.2, 0.25) is 5.91 Å². The summed E-state index contributed by atoms with van der Waals surface area (Å²) in [4.78, 5) is 10.1. The number of rotatable bonds is 1. The first-order valence-corrected chi connectivity index (χ1v) is 2.86. The van der Waals surface area contributed by atoms with Crippen molar-refractivity contribution in [2.24, 2.45) is 0 Å². The highest BCUT2D eigenvalue weighted by Crippen LogP contribution is 2.03. The van der Waals surface area contributed by atoms with Gasteiger partial charge in [-0.2, -0.15) is 12.6 Å². The number of hydrogen-bond acceptors (Lipinski definition) is 2. The van der Waals surface area contributed by atoms with Crippen LogP contribution in [0.5, 0.6) is 0 Å². The van der Waals surface area contributed by atoms with Crippen LogP contribution in [0.4, 0.5) is 0 Å². The Morgan fingerprint density at radius 2 is 2.57 bits per heavy atom. The molecule has 1 atom stereocenters. The average molecular weight is 117 g/mol. The van der Waals surface area contributed by atoms with E-state index in [9.17, 15) is 4.79 Å². The third-order valence-corrected chi connectivity index (χ3v) is 1.46. The lowest BCUT2D eigenvalue weighted by Crippen LogP contribution is -2.49. The van der Waals surface area contributed by atoms with Crippen LogP contribution < -0.4 is 5.32 Å². The van der Waals surface area contributed by atoms with Gasteiger partial charge in [-0.15, -0.1) is 0 Å². The van der Waals surface area contributed by atoms with Crippen LogP contribution >= 0.6 is 12.6 Å². The molecule has 3 heteroatoms. The first-order chi connectivity index (χ1) is 3.33. The van der Waals surface area contributed by atoms with Crippen LogP contribution in [0.25, 0.3) is 0 Å². The maximum atomic E-state index is 10.1. The molecular formula is C4H7NOS. The molecule has 0 spiro atoms. The van der Waals surface area contributed by atoms with Gasteiger partial charge in [-0.1, -0.05) is 0 Å². The Morgan fingerprint density at radius 1 is 2.00 bits per heavy atom. The number of hydrogen-bond donors (Lipinski definition) is 2. The van der Waals surface area contributed by atoms with Crippen molar-refractivity contribution in [3.63, 3.8) is 0 Å². The Labute approximate surface area is 47.7 Å². The molecule has 0 radical (unpaired) electrons. The van der Waals surface area contributed by atoms with Gasteiger partial charge in [-0.05, 0) is 0 Å². The highest BCUT2D eigenvalue weighted by Gasteiger charge is 2.22. The number of β-lactam (4-membered cyclic amide) rings is 1. The second-order valence-electron chi connectivity index (χ2n) is 1.65. The molecule has 7 heavy (non-hydrogen) atoms. The highest BCUT2D eigenvalue weighted by atomic mass is 32.1. The molecule has 1 fully saturated rings. The van der Waals surface area contributed by atoms with Crippen molar-refractivity contribution in [1.29, 1.82) is 0 Å². The van der Waals surface area contributed by atoms with Crippen molar-refractivity contribution in [3.8, 4) is 0 Å². The predicted octanol–water partition coefficient (Wildman–Crippen LogP) is -0.195. The van der Waals surface area contributed by atoms with Crippen LogP contribution in [-0.4, -0.2) is 17.7 Å². The molecule has 1 amide bonds. The lowest BCUT2D eigenvalue weighted by Gasteiger charge is -2.24. The SMILES string of the molecule is O=C1CC(CS)N1. The molecule has 0 bridgehead atoms. The fourth-order valence-electron chi connectivity index (χ4n) is 0.541. The molecule has 1 rings (SSSR count). The van der Waals surface area contributed by atoms with E-state index in [0.29, 0.717) is 12.5 Å². The lowest BCUT2D eigenvalue weighted by atomic mass is 10.1. The summed E-state index contributed by atoms with van der Waals surface area (Å²) in [5.74, 6) is 0.921. The molecular weight excluding hydrogens is 110 g/mol. The summed E-state index contributed by atoms with van der Waals surface area (Å²) in [6.45, 7) is 0. The predicted molar refractivity (Wildman–Crippen MR) is 30.4 cm³/mol. The van der Waals surface area contributed by atoms with Crippen LogP contribution in [0.1, 0.15) is 6.42 Å². The summed E-state index contributed by atoms with van der Waals surface area (Å²) in [5.41, 5.74) is 0. The van der Waals surface area contributed by atoms with Gasteiger partial charge in [0.25, 0.3) is 0 Å². The van der Waals surface area contributed by atoms with E-state index in [1.54, 1.807) is 0 Å². The Hall–Kier alpha value is -0.180. The van der Waals surface area contributed by atoms with Crippen LogP contribution in [0.15, 0.2) is 0 Å². The van der Waals surface area contributed by atoms with Gasteiger partial charge in [-0.3, -0.25) is 4.79 Å². The van der Waals surface area contributed by atoms with Crippen LogP contribution in [0.3, 0.4) is 0 Å². The first-order valence-electron chi connectivity index (χ1n) is 2.23. The summed E-state index contributed by atoms with van der Waals surface area (Å²) in [7, 11) is 0. The minimum atomic E-state index is 0.152.